The summed E-state index contributed by atoms with van der Waals surface area (Å²) in [6, 6.07) is 9.70. The monoisotopic (exact) mass is 389 g/mol. The lowest BCUT2D eigenvalue weighted by Gasteiger charge is -2.12. The van der Waals surface area contributed by atoms with Crippen LogP contribution < -0.4 is 9.46 Å². The Bertz CT molecular complexity index is 761. The molecule has 2 aromatic carbocycles. The Balaban J connectivity index is 2.39. The lowest BCUT2D eigenvalue weighted by molar-refractivity contribution is 0.415. The number of rotatable bonds is 4. The molecular weight excluding hydrogens is 378 g/mol. The molecular formula is C14H13BrClNO3S. The molecule has 0 atom stereocenters. The van der Waals surface area contributed by atoms with Gasteiger partial charge in [0.05, 0.1) is 22.7 Å². The SMILES string of the molecule is COc1cc(NS(=O)(=O)c2ccc(C)cc2)c(Br)cc1Cl. The van der Waals surface area contributed by atoms with Gasteiger partial charge in [0.25, 0.3) is 10.0 Å². The van der Waals surface area contributed by atoms with E-state index in [-0.39, 0.29) is 4.90 Å². The average Bonchev–Trinajstić information content (AvgIpc) is 2.42. The van der Waals surface area contributed by atoms with Gasteiger partial charge in [0, 0.05) is 10.5 Å². The van der Waals surface area contributed by atoms with Gasteiger partial charge in [-0.2, -0.15) is 0 Å². The standard InChI is InChI=1S/C14H13BrClNO3S/c1-9-3-5-10(6-4-9)21(18,19)17-13-8-14(20-2)12(16)7-11(13)15/h3-8,17H,1-2H3. The van der Waals surface area contributed by atoms with Crippen LogP contribution >= 0.6 is 27.5 Å². The first kappa shape index (κ1) is 16.1. The molecule has 1 N–H and O–H groups in total. The number of nitrogens with one attached hydrogen (secondary N) is 1. The molecule has 0 bridgehead atoms. The predicted molar refractivity (Wildman–Crippen MR) is 87.7 cm³/mol. The van der Waals surface area contributed by atoms with Crippen LogP contribution in [0.2, 0.25) is 5.02 Å². The summed E-state index contributed by atoms with van der Waals surface area (Å²) in [6.07, 6.45) is 0. The van der Waals surface area contributed by atoms with Crippen LogP contribution in [0.5, 0.6) is 5.75 Å². The van der Waals surface area contributed by atoms with Gasteiger partial charge < -0.3 is 4.74 Å². The lowest BCUT2D eigenvalue weighted by atomic mass is 10.2. The summed E-state index contributed by atoms with van der Waals surface area (Å²) >= 11 is 9.26. The molecule has 112 valence electrons. The minimum absolute atomic E-state index is 0.189. The Labute approximate surface area is 137 Å². The fourth-order valence-corrected chi connectivity index (χ4v) is 3.70. The smallest absolute Gasteiger partial charge is 0.261 e. The van der Waals surface area contributed by atoms with Crippen molar-refractivity contribution in [1.29, 1.82) is 0 Å². The van der Waals surface area contributed by atoms with Gasteiger partial charge in [0.2, 0.25) is 0 Å². The van der Waals surface area contributed by atoms with Gasteiger partial charge in [-0.25, -0.2) is 8.42 Å². The first-order valence-corrected chi connectivity index (χ1v) is 8.61. The summed E-state index contributed by atoms with van der Waals surface area (Å²) in [4.78, 5) is 0.189. The lowest BCUT2D eigenvalue weighted by Crippen LogP contribution is -2.13. The van der Waals surface area contributed by atoms with E-state index in [1.54, 1.807) is 30.3 Å². The van der Waals surface area contributed by atoms with Crippen molar-refractivity contribution in [2.45, 2.75) is 11.8 Å². The second-order valence-electron chi connectivity index (χ2n) is 4.39. The highest BCUT2D eigenvalue weighted by atomic mass is 79.9. The predicted octanol–water partition coefficient (Wildman–Crippen LogP) is 4.22. The summed E-state index contributed by atoms with van der Waals surface area (Å²) in [7, 11) is -2.20. The molecule has 0 unspecified atom stereocenters. The minimum atomic E-state index is -3.67. The van der Waals surface area contributed by atoms with Gasteiger partial charge in [-0.3, -0.25) is 4.72 Å². The molecule has 0 radical (unpaired) electrons. The van der Waals surface area contributed by atoms with Crippen molar-refractivity contribution in [3.63, 3.8) is 0 Å². The second-order valence-corrected chi connectivity index (χ2v) is 7.33. The highest BCUT2D eigenvalue weighted by Gasteiger charge is 2.17. The van der Waals surface area contributed by atoms with Crippen molar-refractivity contribution in [3.05, 3.63) is 51.5 Å². The third-order valence-corrected chi connectivity index (χ3v) is 5.15. The average molecular weight is 391 g/mol. The zero-order valence-electron chi connectivity index (χ0n) is 11.4. The van der Waals surface area contributed by atoms with E-state index >= 15 is 0 Å². The fourth-order valence-electron chi connectivity index (χ4n) is 1.68. The summed E-state index contributed by atoms with van der Waals surface area (Å²) in [6.45, 7) is 1.89. The largest absolute Gasteiger partial charge is 0.495 e. The van der Waals surface area contributed by atoms with Gasteiger partial charge >= 0.3 is 0 Å². The Hall–Kier alpha value is -1.24. The van der Waals surface area contributed by atoms with E-state index in [2.05, 4.69) is 20.7 Å². The van der Waals surface area contributed by atoms with Crippen molar-refractivity contribution >= 4 is 43.2 Å². The maximum Gasteiger partial charge on any atom is 0.261 e. The number of halogens is 2. The van der Waals surface area contributed by atoms with Crippen LogP contribution in [0.4, 0.5) is 5.69 Å². The van der Waals surface area contributed by atoms with Gasteiger partial charge in [-0.15, -0.1) is 0 Å². The number of hydrogen-bond acceptors (Lipinski definition) is 3. The van der Waals surface area contributed by atoms with Crippen LogP contribution in [-0.2, 0) is 10.0 Å². The third-order valence-electron chi connectivity index (χ3n) is 2.82. The first-order valence-electron chi connectivity index (χ1n) is 5.96. The van der Waals surface area contributed by atoms with Crippen molar-refractivity contribution in [2.24, 2.45) is 0 Å². The van der Waals surface area contributed by atoms with Crippen LogP contribution in [0, 0.1) is 6.92 Å². The number of aryl methyl sites for hydroxylation is 1. The molecule has 0 amide bonds. The fraction of sp³-hybridized carbons (Fsp3) is 0.143. The van der Waals surface area contributed by atoms with Crippen LogP contribution in [0.3, 0.4) is 0 Å². The van der Waals surface area contributed by atoms with Crippen molar-refractivity contribution in [2.75, 3.05) is 11.8 Å². The Morgan fingerprint density at radius 3 is 2.38 bits per heavy atom. The first-order chi connectivity index (χ1) is 9.83. The van der Waals surface area contributed by atoms with Crippen LogP contribution in [0.25, 0.3) is 0 Å². The van der Waals surface area contributed by atoms with Gasteiger partial charge in [-0.05, 0) is 41.1 Å². The zero-order chi connectivity index (χ0) is 15.6. The number of anilines is 1. The molecule has 21 heavy (non-hydrogen) atoms. The van der Waals surface area contributed by atoms with E-state index in [9.17, 15) is 8.42 Å². The normalized spacial score (nSPS) is 11.2. The number of methoxy groups -OCH3 is 1. The molecule has 0 saturated heterocycles. The van der Waals surface area contributed by atoms with Gasteiger partial charge in [0.15, 0.2) is 0 Å². The van der Waals surface area contributed by atoms with E-state index in [0.717, 1.165) is 5.56 Å². The number of ether oxygens (including phenoxy) is 1. The summed E-state index contributed by atoms with van der Waals surface area (Å²) in [5, 5.41) is 0.391. The number of sulfonamides is 1. The Morgan fingerprint density at radius 1 is 1.19 bits per heavy atom. The zero-order valence-corrected chi connectivity index (χ0v) is 14.5. The number of hydrogen-bond donors (Lipinski definition) is 1. The molecule has 0 aliphatic rings. The van der Waals surface area contributed by atoms with Crippen molar-refractivity contribution in [3.8, 4) is 5.75 Å². The summed E-state index contributed by atoms with van der Waals surface area (Å²) < 4.78 is 32.8. The Morgan fingerprint density at radius 2 is 1.81 bits per heavy atom. The molecule has 4 nitrogen and oxygen atoms in total. The van der Waals surface area contributed by atoms with E-state index < -0.39 is 10.0 Å². The van der Waals surface area contributed by atoms with E-state index in [1.807, 2.05) is 6.92 Å². The third kappa shape index (κ3) is 3.70. The minimum Gasteiger partial charge on any atom is -0.495 e. The molecule has 0 saturated carbocycles. The summed E-state index contributed by atoms with van der Waals surface area (Å²) in [5.41, 5.74) is 1.35. The van der Waals surface area contributed by atoms with Crippen LogP contribution in [-0.4, -0.2) is 15.5 Å². The van der Waals surface area contributed by atoms with Crippen LogP contribution in [0.15, 0.2) is 45.8 Å². The molecule has 0 fully saturated rings. The molecule has 0 aromatic heterocycles. The highest BCUT2D eigenvalue weighted by molar-refractivity contribution is 9.10. The maximum atomic E-state index is 12.3. The molecule has 2 rings (SSSR count). The molecule has 0 aliphatic carbocycles. The van der Waals surface area contributed by atoms with Crippen LogP contribution in [0.1, 0.15) is 5.56 Å². The molecule has 0 heterocycles. The number of benzene rings is 2. The van der Waals surface area contributed by atoms with E-state index in [0.29, 0.717) is 20.9 Å². The van der Waals surface area contributed by atoms with Gasteiger partial charge in [0.1, 0.15) is 5.75 Å². The van der Waals surface area contributed by atoms with Gasteiger partial charge in [-0.1, -0.05) is 29.3 Å². The molecule has 7 heteroatoms. The quantitative estimate of drug-likeness (QED) is 0.850. The highest BCUT2D eigenvalue weighted by Crippen LogP contribution is 2.35. The molecule has 0 aliphatic heterocycles. The topological polar surface area (TPSA) is 55.4 Å². The second kappa shape index (κ2) is 6.25. The van der Waals surface area contributed by atoms with E-state index in [4.69, 9.17) is 16.3 Å². The Kier molecular flexibility index (Phi) is 4.81. The molecule has 2 aromatic rings. The van der Waals surface area contributed by atoms with Crippen molar-refractivity contribution in [1.82, 2.24) is 0 Å². The van der Waals surface area contributed by atoms with Crippen molar-refractivity contribution < 1.29 is 13.2 Å². The maximum absolute atomic E-state index is 12.3. The van der Waals surface area contributed by atoms with E-state index in [1.165, 1.54) is 13.2 Å². The summed E-state index contributed by atoms with van der Waals surface area (Å²) in [5.74, 6) is 0.390. The molecule has 0 spiro atoms.